The molecule has 260 valence electrons. The molecule has 8 aromatic carbocycles. The zero-order valence-electron chi connectivity index (χ0n) is 30.7. The van der Waals surface area contributed by atoms with E-state index in [4.69, 9.17) is 15.0 Å². The summed E-state index contributed by atoms with van der Waals surface area (Å²) in [5.41, 5.74) is 15.2. The maximum atomic E-state index is 5.20. The van der Waals surface area contributed by atoms with Crippen molar-refractivity contribution >= 4 is 10.8 Å². The number of hydrogen-bond donors (Lipinski definition) is 0. The zero-order chi connectivity index (χ0) is 36.9. The number of nitrogens with zero attached hydrogens (tertiary/aromatic N) is 3. The van der Waals surface area contributed by atoms with Gasteiger partial charge in [-0.1, -0.05) is 196 Å². The van der Waals surface area contributed by atoms with E-state index in [1.54, 1.807) is 0 Å². The largest absolute Gasteiger partial charge is 0.208 e. The lowest BCUT2D eigenvalue weighted by Gasteiger charge is -2.21. The van der Waals surface area contributed by atoms with Crippen molar-refractivity contribution in [1.29, 1.82) is 0 Å². The summed E-state index contributed by atoms with van der Waals surface area (Å²) in [4.78, 5) is 15.5. The lowest BCUT2D eigenvalue weighted by molar-refractivity contribution is 0.660. The average Bonchev–Trinajstić information content (AvgIpc) is 3.50. The van der Waals surface area contributed by atoms with Gasteiger partial charge in [0.05, 0.1) is 0 Å². The molecule has 0 unspecified atom stereocenters. The summed E-state index contributed by atoms with van der Waals surface area (Å²) in [7, 11) is 0. The predicted octanol–water partition coefficient (Wildman–Crippen LogP) is 13.3. The molecule has 0 aliphatic heterocycles. The van der Waals surface area contributed by atoms with Crippen molar-refractivity contribution in [2.45, 2.75) is 19.3 Å². The van der Waals surface area contributed by atoms with E-state index in [0.29, 0.717) is 17.5 Å². The number of rotatable bonds is 6. The second-order valence-corrected chi connectivity index (χ2v) is 14.8. The molecule has 0 amide bonds. The summed E-state index contributed by atoms with van der Waals surface area (Å²) in [6.07, 6.45) is 0. The molecule has 0 atom stereocenters. The molecule has 0 bridgehead atoms. The lowest BCUT2D eigenvalue weighted by atomic mass is 9.81. The van der Waals surface area contributed by atoms with Gasteiger partial charge in [0.25, 0.3) is 0 Å². The van der Waals surface area contributed by atoms with Gasteiger partial charge in [-0.25, -0.2) is 15.0 Å². The highest BCUT2D eigenvalue weighted by Crippen LogP contribution is 2.52. The van der Waals surface area contributed by atoms with Crippen molar-refractivity contribution in [3.8, 4) is 78.7 Å². The van der Waals surface area contributed by atoms with E-state index in [1.165, 1.54) is 49.9 Å². The number of aromatic nitrogens is 3. The van der Waals surface area contributed by atoms with Gasteiger partial charge in [0.15, 0.2) is 17.5 Å². The van der Waals surface area contributed by atoms with E-state index >= 15 is 0 Å². The fourth-order valence-corrected chi connectivity index (χ4v) is 8.35. The Kier molecular flexibility index (Phi) is 7.81. The third kappa shape index (κ3) is 5.64. The summed E-state index contributed by atoms with van der Waals surface area (Å²) in [6.45, 7) is 4.67. The van der Waals surface area contributed by atoms with Crippen LogP contribution in [-0.4, -0.2) is 15.0 Å². The Labute approximate surface area is 321 Å². The lowest BCUT2D eigenvalue weighted by Crippen LogP contribution is -2.14. The van der Waals surface area contributed by atoms with Crippen LogP contribution in [0.5, 0.6) is 0 Å². The molecule has 3 nitrogen and oxygen atoms in total. The molecular formula is C52H37N3. The first kappa shape index (κ1) is 32.7. The van der Waals surface area contributed by atoms with E-state index in [1.807, 2.05) is 12.1 Å². The molecule has 0 N–H and O–H groups in total. The van der Waals surface area contributed by atoms with Gasteiger partial charge < -0.3 is 0 Å². The van der Waals surface area contributed by atoms with Crippen LogP contribution in [0, 0.1) is 0 Å². The van der Waals surface area contributed by atoms with Crippen molar-refractivity contribution in [1.82, 2.24) is 15.0 Å². The Morgan fingerprint density at radius 3 is 1.31 bits per heavy atom. The van der Waals surface area contributed by atoms with Crippen LogP contribution in [0.15, 0.2) is 188 Å². The summed E-state index contributed by atoms with van der Waals surface area (Å²) in [5, 5.41) is 2.27. The molecule has 1 aliphatic rings. The van der Waals surface area contributed by atoms with Crippen LogP contribution in [-0.2, 0) is 5.41 Å². The Balaban J connectivity index is 1.13. The molecule has 1 heterocycles. The normalized spacial score (nSPS) is 12.7. The van der Waals surface area contributed by atoms with Crippen LogP contribution in [0.1, 0.15) is 25.0 Å². The van der Waals surface area contributed by atoms with Crippen molar-refractivity contribution < 1.29 is 0 Å². The molecule has 1 aromatic heterocycles. The van der Waals surface area contributed by atoms with Gasteiger partial charge in [0.2, 0.25) is 0 Å². The van der Waals surface area contributed by atoms with Gasteiger partial charge in [-0.05, 0) is 72.5 Å². The third-order valence-electron chi connectivity index (χ3n) is 11.2. The second-order valence-electron chi connectivity index (χ2n) is 14.8. The Morgan fingerprint density at radius 2 is 0.709 bits per heavy atom. The average molecular weight is 704 g/mol. The van der Waals surface area contributed by atoms with E-state index < -0.39 is 0 Å². The maximum Gasteiger partial charge on any atom is 0.164 e. The predicted molar refractivity (Wildman–Crippen MR) is 228 cm³/mol. The van der Waals surface area contributed by atoms with Crippen LogP contribution >= 0.6 is 0 Å². The highest BCUT2D eigenvalue weighted by Gasteiger charge is 2.36. The minimum atomic E-state index is -0.0754. The summed E-state index contributed by atoms with van der Waals surface area (Å²) in [5.74, 6) is 1.92. The van der Waals surface area contributed by atoms with Crippen LogP contribution in [0.3, 0.4) is 0 Å². The smallest absolute Gasteiger partial charge is 0.164 e. The fraction of sp³-hybridized carbons (Fsp3) is 0.0577. The molecule has 0 spiro atoms. The van der Waals surface area contributed by atoms with E-state index in [0.717, 1.165) is 33.2 Å². The Bertz CT molecular complexity index is 2760. The van der Waals surface area contributed by atoms with Gasteiger partial charge in [-0.15, -0.1) is 0 Å². The van der Waals surface area contributed by atoms with Gasteiger partial charge in [0, 0.05) is 22.1 Å². The first-order valence-corrected chi connectivity index (χ1v) is 18.9. The first-order chi connectivity index (χ1) is 27.0. The SMILES string of the molecule is CC1(C)c2ccccc2-c2c(-c3ccc(-c4nc(-c5ccc(-c6ccccc6)cc5)nc(-c5ccc(-c6ccccc6)cc5)n4)c4ccccc34)cccc21. The van der Waals surface area contributed by atoms with Gasteiger partial charge in [-0.3, -0.25) is 0 Å². The van der Waals surface area contributed by atoms with Crippen molar-refractivity contribution in [2.75, 3.05) is 0 Å². The summed E-state index contributed by atoms with van der Waals surface area (Å²) < 4.78 is 0. The minimum Gasteiger partial charge on any atom is -0.208 e. The molecule has 10 rings (SSSR count). The number of fused-ring (bicyclic) bond motifs is 4. The molecular weight excluding hydrogens is 667 g/mol. The Morgan fingerprint density at radius 1 is 0.291 bits per heavy atom. The molecule has 3 heteroatoms. The van der Waals surface area contributed by atoms with E-state index in [2.05, 4.69) is 190 Å². The third-order valence-corrected chi connectivity index (χ3v) is 11.2. The molecule has 55 heavy (non-hydrogen) atoms. The maximum absolute atomic E-state index is 5.20. The standard InChI is InChI=1S/C52H37N3/c1-52(2)46-22-12-11-20-45(46)48-43(21-13-23-47(48)52)42-32-33-44(41-19-10-9-18-40(41)42)51-54-49(38-28-24-36(25-29-38)34-14-5-3-6-15-34)53-50(55-51)39-30-26-37(27-31-39)35-16-7-4-8-17-35/h3-33H,1-2H3. The highest BCUT2D eigenvalue weighted by atomic mass is 15.0. The van der Waals surface area contributed by atoms with Crippen LogP contribution in [0.4, 0.5) is 0 Å². The minimum absolute atomic E-state index is 0.0754. The quantitative estimate of drug-likeness (QED) is 0.173. The van der Waals surface area contributed by atoms with Gasteiger partial charge in [0.1, 0.15) is 0 Å². The number of benzene rings is 8. The van der Waals surface area contributed by atoms with Gasteiger partial charge in [-0.2, -0.15) is 0 Å². The molecule has 0 saturated carbocycles. The topological polar surface area (TPSA) is 38.7 Å². The van der Waals surface area contributed by atoms with Gasteiger partial charge >= 0.3 is 0 Å². The molecule has 0 saturated heterocycles. The molecule has 1 aliphatic carbocycles. The first-order valence-electron chi connectivity index (χ1n) is 18.9. The van der Waals surface area contributed by atoms with E-state index in [9.17, 15) is 0 Å². The monoisotopic (exact) mass is 703 g/mol. The molecule has 9 aromatic rings. The fourth-order valence-electron chi connectivity index (χ4n) is 8.35. The molecule has 0 fully saturated rings. The van der Waals surface area contributed by atoms with Crippen LogP contribution in [0.2, 0.25) is 0 Å². The Hall–Kier alpha value is -6.97. The van der Waals surface area contributed by atoms with Crippen LogP contribution < -0.4 is 0 Å². The number of hydrogen-bond acceptors (Lipinski definition) is 3. The second kappa shape index (κ2) is 13.2. The van der Waals surface area contributed by atoms with Crippen molar-refractivity contribution in [3.63, 3.8) is 0 Å². The summed E-state index contributed by atoms with van der Waals surface area (Å²) >= 11 is 0. The van der Waals surface area contributed by atoms with E-state index in [-0.39, 0.29) is 5.41 Å². The zero-order valence-corrected chi connectivity index (χ0v) is 30.7. The molecule has 0 radical (unpaired) electrons. The van der Waals surface area contributed by atoms with Crippen LogP contribution in [0.25, 0.3) is 89.4 Å². The summed E-state index contributed by atoms with van der Waals surface area (Å²) in [6, 6.07) is 66.6. The van der Waals surface area contributed by atoms with Crippen molar-refractivity contribution in [2.24, 2.45) is 0 Å². The highest BCUT2D eigenvalue weighted by molar-refractivity contribution is 6.07. The van der Waals surface area contributed by atoms with Crippen molar-refractivity contribution in [3.05, 3.63) is 199 Å².